The lowest BCUT2D eigenvalue weighted by Crippen LogP contribution is -2.41. The molecule has 1 fully saturated rings. The molecule has 2 rings (SSSR count). The number of carbonyl (C=O) groups is 1. The average molecular weight is 262 g/mol. The number of aromatic nitrogens is 1. The zero-order chi connectivity index (χ0) is 13.8. The number of nitrogens with zero attached hydrogens (tertiary/aromatic N) is 2. The maximum absolute atomic E-state index is 11.3. The van der Waals surface area contributed by atoms with Gasteiger partial charge in [-0.25, -0.2) is 5.84 Å². The Kier molecular flexibility index (Phi) is 4.50. The number of hydrogen-bond acceptors (Lipinski definition) is 4. The number of hydrogen-bond donors (Lipinski definition) is 2. The quantitative estimate of drug-likeness (QED) is 0.489. The van der Waals surface area contributed by atoms with Crippen LogP contribution in [0, 0.1) is 5.92 Å². The van der Waals surface area contributed by atoms with Crippen molar-refractivity contribution in [1.82, 2.24) is 15.3 Å². The van der Waals surface area contributed by atoms with Crippen molar-refractivity contribution in [1.29, 1.82) is 0 Å². The van der Waals surface area contributed by atoms with E-state index in [1.807, 2.05) is 6.07 Å². The third kappa shape index (κ3) is 3.30. The molecule has 2 unspecified atom stereocenters. The second kappa shape index (κ2) is 6.12. The monoisotopic (exact) mass is 262 g/mol. The Balaban J connectivity index is 2.01. The summed E-state index contributed by atoms with van der Waals surface area (Å²) in [6.45, 7) is 6.55. The fraction of sp³-hybridized carbons (Fsp3) is 0.571. The Bertz CT molecular complexity index is 432. The molecule has 1 aliphatic rings. The second-order valence-corrected chi connectivity index (χ2v) is 5.34. The van der Waals surface area contributed by atoms with Crippen molar-refractivity contribution in [3.05, 3.63) is 29.6 Å². The van der Waals surface area contributed by atoms with E-state index in [2.05, 4.69) is 29.2 Å². The summed E-state index contributed by atoms with van der Waals surface area (Å²) in [6.07, 6.45) is 4.13. The van der Waals surface area contributed by atoms with Gasteiger partial charge < -0.3 is 0 Å². The standard InChI is InChI=1S/C14H22N4O/c1-10-4-3-7-18(11(10)2)9-13-6-5-12(8-16-13)14(19)17-15/h5-6,8,10-11H,3-4,7,9,15H2,1-2H3,(H,17,19). The Morgan fingerprint density at radius 2 is 2.32 bits per heavy atom. The van der Waals surface area contributed by atoms with E-state index in [0.29, 0.717) is 11.6 Å². The predicted octanol–water partition coefficient (Wildman–Crippen LogP) is 1.31. The van der Waals surface area contributed by atoms with Crippen molar-refractivity contribution in [2.24, 2.45) is 11.8 Å². The fourth-order valence-electron chi connectivity index (χ4n) is 2.59. The number of piperidine rings is 1. The third-order valence-corrected chi connectivity index (χ3v) is 4.09. The van der Waals surface area contributed by atoms with Crippen LogP contribution in [0.3, 0.4) is 0 Å². The fourth-order valence-corrected chi connectivity index (χ4v) is 2.59. The van der Waals surface area contributed by atoms with E-state index in [-0.39, 0.29) is 5.91 Å². The molecular weight excluding hydrogens is 240 g/mol. The van der Waals surface area contributed by atoms with Crippen LogP contribution in [-0.2, 0) is 6.54 Å². The minimum atomic E-state index is -0.306. The van der Waals surface area contributed by atoms with E-state index in [9.17, 15) is 4.79 Å². The van der Waals surface area contributed by atoms with Gasteiger partial charge in [-0.05, 0) is 44.4 Å². The summed E-state index contributed by atoms with van der Waals surface area (Å²) in [5.74, 6) is 5.52. The number of rotatable bonds is 3. The van der Waals surface area contributed by atoms with Gasteiger partial charge >= 0.3 is 0 Å². The summed E-state index contributed by atoms with van der Waals surface area (Å²) >= 11 is 0. The average Bonchev–Trinajstić information content (AvgIpc) is 2.44. The molecule has 0 aliphatic carbocycles. The summed E-state index contributed by atoms with van der Waals surface area (Å²) in [7, 11) is 0. The van der Waals surface area contributed by atoms with Gasteiger partial charge in [-0.1, -0.05) is 6.92 Å². The van der Waals surface area contributed by atoms with Crippen LogP contribution in [0.2, 0.25) is 0 Å². The molecule has 3 N–H and O–H groups in total. The van der Waals surface area contributed by atoms with Crippen molar-refractivity contribution < 1.29 is 4.79 Å². The first-order valence-electron chi connectivity index (χ1n) is 6.81. The molecular formula is C14H22N4O. The Morgan fingerprint density at radius 3 is 2.95 bits per heavy atom. The van der Waals surface area contributed by atoms with Crippen LogP contribution in [0.5, 0.6) is 0 Å². The maximum Gasteiger partial charge on any atom is 0.266 e. The normalized spacial score (nSPS) is 24.2. The van der Waals surface area contributed by atoms with Gasteiger partial charge in [-0.15, -0.1) is 0 Å². The van der Waals surface area contributed by atoms with Crippen LogP contribution in [0.15, 0.2) is 18.3 Å². The largest absolute Gasteiger partial charge is 0.295 e. The molecule has 0 aromatic carbocycles. The summed E-state index contributed by atoms with van der Waals surface area (Å²) in [5.41, 5.74) is 3.59. The Morgan fingerprint density at radius 1 is 1.53 bits per heavy atom. The zero-order valence-electron chi connectivity index (χ0n) is 11.6. The van der Waals surface area contributed by atoms with Gasteiger partial charge in [-0.3, -0.25) is 20.1 Å². The molecule has 0 spiro atoms. The van der Waals surface area contributed by atoms with Crippen LogP contribution < -0.4 is 11.3 Å². The number of amides is 1. The topological polar surface area (TPSA) is 71.2 Å². The number of nitrogens with two attached hydrogens (primary N) is 1. The Labute approximate surface area is 114 Å². The summed E-state index contributed by atoms with van der Waals surface area (Å²) < 4.78 is 0. The van der Waals surface area contributed by atoms with Gasteiger partial charge in [0.2, 0.25) is 0 Å². The molecule has 1 aromatic rings. The number of carbonyl (C=O) groups excluding carboxylic acids is 1. The molecule has 0 radical (unpaired) electrons. The smallest absolute Gasteiger partial charge is 0.266 e. The van der Waals surface area contributed by atoms with E-state index in [0.717, 1.165) is 24.7 Å². The molecule has 5 heteroatoms. The maximum atomic E-state index is 11.3. The molecule has 1 aliphatic heterocycles. The first-order chi connectivity index (χ1) is 9.11. The van der Waals surface area contributed by atoms with E-state index in [4.69, 9.17) is 5.84 Å². The van der Waals surface area contributed by atoms with Crippen molar-refractivity contribution in [3.63, 3.8) is 0 Å². The minimum Gasteiger partial charge on any atom is -0.295 e. The highest BCUT2D eigenvalue weighted by Crippen LogP contribution is 2.24. The van der Waals surface area contributed by atoms with Crippen molar-refractivity contribution in [2.75, 3.05) is 6.54 Å². The molecule has 2 heterocycles. The van der Waals surface area contributed by atoms with Crippen LogP contribution >= 0.6 is 0 Å². The van der Waals surface area contributed by atoms with Crippen molar-refractivity contribution in [2.45, 2.75) is 39.3 Å². The first kappa shape index (κ1) is 14.0. The van der Waals surface area contributed by atoms with E-state index in [1.165, 1.54) is 12.8 Å². The summed E-state index contributed by atoms with van der Waals surface area (Å²) in [5, 5.41) is 0. The Hall–Kier alpha value is -1.46. The van der Waals surface area contributed by atoms with Crippen LogP contribution in [0.4, 0.5) is 0 Å². The molecule has 0 bridgehead atoms. The van der Waals surface area contributed by atoms with Crippen LogP contribution in [0.1, 0.15) is 42.7 Å². The molecule has 104 valence electrons. The van der Waals surface area contributed by atoms with Gasteiger partial charge in [0.05, 0.1) is 11.3 Å². The molecule has 5 nitrogen and oxygen atoms in total. The summed E-state index contributed by atoms with van der Waals surface area (Å²) in [6, 6.07) is 4.25. The molecule has 0 saturated carbocycles. The molecule has 1 amide bonds. The molecule has 1 aromatic heterocycles. The van der Waals surface area contributed by atoms with Crippen molar-refractivity contribution >= 4 is 5.91 Å². The number of nitrogens with one attached hydrogen (secondary N) is 1. The molecule has 1 saturated heterocycles. The third-order valence-electron chi connectivity index (χ3n) is 4.09. The molecule has 2 atom stereocenters. The van der Waals surface area contributed by atoms with Gasteiger partial charge in [-0.2, -0.15) is 0 Å². The van der Waals surface area contributed by atoms with E-state index < -0.39 is 0 Å². The number of hydrazine groups is 1. The number of nitrogen functional groups attached to an aromatic ring is 1. The van der Waals surface area contributed by atoms with Crippen LogP contribution in [-0.4, -0.2) is 28.4 Å². The lowest BCUT2D eigenvalue weighted by molar-refractivity contribution is 0.0952. The van der Waals surface area contributed by atoms with E-state index in [1.54, 1.807) is 12.3 Å². The highest BCUT2D eigenvalue weighted by atomic mass is 16.2. The lowest BCUT2D eigenvalue weighted by atomic mass is 9.92. The van der Waals surface area contributed by atoms with E-state index >= 15 is 0 Å². The van der Waals surface area contributed by atoms with Gasteiger partial charge in [0, 0.05) is 18.8 Å². The highest BCUT2D eigenvalue weighted by Gasteiger charge is 2.24. The highest BCUT2D eigenvalue weighted by molar-refractivity contribution is 5.93. The minimum absolute atomic E-state index is 0.306. The molecule has 19 heavy (non-hydrogen) atoms. The lowest BCUT2D eigenvalue weighted by Gasteiger charge is -2.37. The second-order valence-electron chi connectivity index (χ2n) is 5.34. The number of likely N-dealkylation sites (tertiary alicyclic amines) is 1. The van der Waals surface area contributed by atoms with Crippen LogP contribution in [0.25, 0.3) is 0 Å². The zero-order valence-corrected chi connectivity index (χ0v) is 11.6. The summed E-state index contributed by atoms with van der Waals surface area (Å²) in [4.78, 5) is 18.1. The SMILES string of the molecule is CC1CCCN(Cc2ccc(C(=O)NN)cn2)C1C. The van der Waals surface area contributed by atoms with Gasteiger partial charge in [0.1, 0.15) is 0 Å². The number of pyridine rings is 1. The van der Waals surface area contributed by atoms with Gasteiger partial charge in [0.15, 0.2) is 0 Å². The van der Waals surface area contributed by atoms with Gasteiger partial charge in [0.25, 0.3) is 5.91 Å². The predicted molar refractivity (Wildman–Crippen MR) is 74.2 cm³/mol. The van der Waals surface area contributed by atoms with Crippen molar-refractivity contribution in [3.8, 4) is 0 Å². The first-order valence-corrected chi connectivity index (χ1v) is 6.81.